The van der Waals surface area contributed by atoms with Crippen LogP contribution in [0.15, 0.2) is 60.7 Å². The fraction of sp³-hybridized carbons (Fsp3) is 0. The van der Waals surface area contributed by atoms with Gasteiger partial charge in [-0.3, -0.25) is 9.59 Å². The molecule has 2 N–H and O–H groups in total. The van der Waals surface area contributed by atoms with Gasteiger partial charge in [0, 0.05) is 11.8 Å². The maximum absolute atomic E-state index is 13.3. The highest BCUT2D eigenvalue weighted by Gasteiger charge is 2.14. The minimum Gasteiger partial charge on any atom is -0.321 e. The van der Waals surface area contributed by atoms with E-state index in [-0.39, 0.29) is 22.6 Å². The summed E-state index contributed by atoms with van der Waals surface area (Å²) in [6.45, 7) is 0. The van der Waals surface area contributed by atoms with Crippen LogP contribution in [0.1, 0.15) is 26.5 Å². The van der Waals surface area contributed by atoms with Crippen molar-refractivity contribution in [2.24, 2.45) is 0 Å². The summed E-state index contributed by atoms with van der Waals surface area (Å²) >= 11 is 0. The molecule has 6 nitrogen and oxygen atoms in total. The van der Waals surface area contributed by atoms with Gasteiger partial charge in [-0.15, -0.1) is 0 Å². The lowest BCUT2D eigenvalue weighted by molar-refractivity contribution is 0.101. The molecule has 2 aromatic carbocycles. The minimum atomic E-state index is -1.10. The highest BCUT2D eigenvalue weighted by atomic mass is 19.2. The Morgan fingerprint density at radius 2 is 1.54 bits per heavy atom. The predicted molar refractivity (Wildman–Crippen MR) is 97.7 cm³/mol. The van der Waals surface area contributed by atoms with Gasteiger partial charge < -0.3 is 10.6 Å². The second-order valence-corrected chi connectivity index (χ2v) is 5.60. The Balaban J connectivity index is 1.77. The molecule has 138 valence electrons. The number of pyridine rings is 1. The molecular formula is C20H12F2N4O2. The van der Waals surface area contributed by atoms with Crippen molar-refractivity contribution in [3.8, 4) is 6.07 Å². The molecule has 0 bridgehead atoms. The summed E-state index contributed by atoms with van der Waals surface area (Å²) < 4.78 is 26.2. The summed E-state index contributed by atoms with van der Waals surface area (Å²) in [5.41, 5.74) is 0.497. The number of nitriles is 1. The third kappa shape index (κ3) is 4.16. The molecule has 3 aromatic rings. The van der Waals surface area contributed by atoms with E-state index in [1.165, 1.54) is 24.3 Å². The number of para-hydroxylation sites is 1. The van der Waals surface area contributed by atoms with Crippen LogP contribution < -0.4 is 10.6 Å². The van der Waals surface area contributed by atoms with Crippen LogP contribution in [0.5, 0.6) is 0 Å². The Bertz CT molecular complexity index is 1110. The second kappa shape index (κ2) is 8.05. The maximum Gasteiger partial charge on any atom is 0.274 e. The van der Waals surface area contributed by atoms with Gasteiger partial charge in [-0.1, -0.05) is 18.2 Å². The van der Waals surface area contributed by atoms with Crippen LogP contribution >= 0.6 is 0 Å². The van der Waals surface area contributed by atoms with E-state index in [2.05, 4.69) is 15.6 Å². The van der Waals surface area contributed by atoms with Gasteiger partial charge in [0.2, 0.25) is 0 Å². The highest BCUT2D eigenvalue weighted by Crippen LogP contribution is 2.16. The smallest absolute Gasteiger partial charge is 0.274 e. The van der Waals surface area contributed by atoms with Crippen molar-refractivity contribution in [2.75, 3.05) is 10.6 Å². The summed E-state index contributed by atoms with van der Waals surface area (Å²) in [5.74, 6) is -3.44. The lowest BCUT2D eigenvalue weighted by Gasteiger charge is -2.08. The topological polar surface area (TPSA) is 94.9 Å². The zero-order chi connectivity index (χ0) is 20.1. The molecule has 0 atom stereocenters. The summed E-state index contributed by atoms with van der Waals surface area (Å²) in [6.07, 6.45) is 0. The molecule has 8 heteroatoms. The van der Waals surface area contributed by atoms with E-state index in [0.717, 1.165) is 12.1 Å². The summed E-state index contributed by atoms with van der Waals surface area (Å²) in [7, 11) is 0. The van der Waals surface area contributed by atoms with Crippen LogP contribution in [0.25, 0.3) is 0 Å². The molecule has 1 heterocycles. The second-order valence-electron chi connectivity index (χ2n) is 5.60. The first-order chi connectivity index (χ1) is 13.5. The maximum atomic E-state index is 13.3. The van der Waals surface area contributed by atoms with Crippen LogP contribution in [-0.4, -0.2) is 16.8 Å². The molecule has 0 aliphatic carbocycles. The monoisotopic (exact) mass is 378 g/mol. The number of carbonyl (C=O) groups excluding carboxylic acids is 2. The molecule has 3 rings (SSSR count). The lowest BCUT2D eigenvalue weighted by atomic mass is 10.2. The van der Waals surface area contributed by atoms with E-state index < -0.39 is 23.4 Å². The van der Waals surface area contributed by atoms with E-state index in [4.69, 9.17) is 5.26 Å². The molecule has 0 fully saturated rings. The van der Waals surface area contributed by atoms with Gasteiger partial charge in [-0.25, -0.2) is 13.8 Å². The number of anilines is 2. The molecule has 2 amide bonds. The normalized spacial score (nSPS) is 10.0. The quantitative estimate of drug-likeness (QED) is 0.723. The average molecular weight is 378 g/mol. The first kappa shape index (κ1) is 18.7. The van der Waals surface area contributed by atoms with Crippen molar-refractivity contribution in [2.45, 2.75) is 0 Å². The van der Waals surface area contributed by atoms with E-state index in [1.54, 1.807) is 24.3 Å². The molecule has 0 unspecified atom stereocenters. The SMILES string of the molecule is N#Cc1ccccc1NC(=O)c1cccc(C(=O)Nc2ccc(F)c(F)c2)n1. The molecule has 0 saturated carbocycles. The number of nitrogens with one attached hydrogen (secondary N) is 2. The van der Waals surface area contributed by atoms with E-state index >= 15 is 0 Å². The first-order valence-electron chi connectivity index (χ1n) is 8.02. The van der Waals surface area contributed by atoms with Gasteiger partial charge >= 0.3 is 0 Å². The summed E-state index contributed by atoms with van der Waals surface area (Å²) in [4.78, 5) is 28.7. The zero-order valence-corrected chi connectivity index (χ0v) is 14.2. The number of hydrogen-bond acceptors (Lipinski definition) is 4. The molecule has 0 aliphatic rings. The van der Waals surface area contributed by atoms with Crippen molar-refractivity contribution < 1.29 is 18.4 Å². The first-order valence-corrected chi connectivity index (χ1v) is 8.02. The number of halogens is 2. The fourth-order valence-corrected chi connectivity index (χ4v) is 2.33. The van der Waals surface area contributed by atoms with Gasteiger partial charge in [0.25, 0.3) is 11.8 Å². The average Bonchev–Trinajstić information content (AvgIpc) is 2.71. The molecule has 1 aromatic heterocycles. The number of rotatable bonds is 4. The molecule has 0 aliphatic heterocycles. The largest absolute Gasteiger partial charge is 0.321 e. The lowest BCUT2D eigenvalue weighted by Crippen LogP contribution is -2.19. The number of amides is 2. The van der Waals surface area contributed by atoms with Crippen LogP contribution in [0.3, 0.4) is 0 Å². The highest BCUT2D eigenvalue weighted by molar-refractivity contribution is 6.06. The summed E-state index contributed by atoms with van der Waals surface area (Å²) in [6, 6.07) is 15.5. The third-order valence-corrected chi connectivity index (χ3v) is 3.69. The van der Waals surface area contributed by atoms with Crippen molar-refractivity contribution in [3.63, 3.8) is 0 Å². The van der Waals surface area contributed by atoms with Gasteiger partial charge in [0.15, 0.2) is 11.6 Å². The van der Waals surface area contributed by atoms with Crippen LogP contribution in [-0.2, 0) is 0 Å². The van der Waals surface area contributed by atoms with Gasteiger partial charge in [0.1, 0.15) is 17.5 Å². The fourth-order valence-electron chi connectivity index (χ4n) is 2.33. The molecule has 28 heavy (non-hydrogen) atoms. The van der Waals surface area contributed by atoms with Crippen LogP contribution in [0.2, 0.25) is 0 Å². The van der Waals surface area contributed by atoms with E-state index in [0.29, 0.717) is 5.69 Å². The van der Waals surface area contributed by atoms with E-state index in [1.807, 2.05) is 6.07 Å². The van der Waals surface area contributed by atoms with Gasteiger partial charge in [-0.2, -0.15) is 5.26 Å². The zero-order valence-electron chi connectivity index (χ0n) is 14.2. The standard InChI is InChI=1S/C20H12F2N4O2/c21-14-9-8-13(10-15(14)22)24-19(27)17-6-3-7-18(25-17)20(28)26-16-5-2-1-4-12(16)11-23/h1-10H,(H,24,27)(H,26,28). The molecule has 0 spiro atoms. The Hall–Kier alpha value is -4.12. The van der Waals surface area contributed by atoms with Crippen molar-refractivity contribution >= 4 is 23.2 Å². The Labute approximate surface area is 158 Å². The van der Waals surface area contributed by atoms with Gasteiger partial charge in [-0.05, 0) is 36.4 Å². The molecule has 0 saturated heterocycles. The van der Waals surface area contributed by atoms with Crippen LogP contribution in [0, 0.1) is 23.0 Å². The number of carbonyl (C=O) groups is 2. The Kier molecular flexibility index (Phi) is 5.37. The number of hydrogen-bond donors (Lipinski definition) is 2. The number of benzene rings is 2. The number of aromatic nitrogens is 1. The number of nitrogens with zero attached hydrogens (tertiary/aromatic N) is 2. The third-order valence-electron chi connectivity index (χ3n) is 3.69. The van der Waals surface area contributed by atoms with Crippen molar-refractivity contribution in [1.82, 2.24) is 4.98 Å². The molecular weight excluding hydrogens is 366 g/mol. The predicted octanol–water partition coefficient (Wildman–Crippen LogP) is 3.74. The Morgan fingerprint density at radius 3 is 2.21 bits per heavy atom. The molecule has 0 radical (unpaired) electrons. The van der Waals surface area contributed by atoms with Gasteiger partial charge in [0.05, 0.1) is 11.3 Å². The Morgan fingerprint density at radius 1 is 0.857 bits per heavy atom. The van der Waals surface area contributed by atoms with Crippen LogP contribution in [0.4, 0.5) is 20.2 Å². The van der Waals surface area contributed by atoms with Crippen molar-refractivity contribution in [1.29, 1.82) is 5.26 Å². The van der Waals surface area contributed by atoms with Crippen molar-refractivity contribution in [3.05, 3.63) is 89.2 Å². The summed E-state index contributed by atoms with van der Waals surface area (Å²) in [5, 5.41) is 14.0. The van der Waals surface area contributed by atoms with E-state index in [9.17, 15) is 18.4 Å². The minimum absolute atomic E-state index is 0.0449.